The minimum Gasteiger partial charge on any atom is -0.332 e. The molecule has 4 rings (SSSR count). The lowest BCUT2D eigenvalue weighted by Crippen LogP contribution is -2.00. The first kappa shape index (κ1) is 14.6. The first-order valence-electron chi connectivity index (χ1n) is 8.05. The summed E-state index contributed by atoms with van der Waals surface area (Å²) in [4.78, 5) is 13.4. The largest absolute Gasteiger partial charge is 0.332 e. The van der Waals surface area contributed by atoms with Crippen LogP contribution in [-0.2, 0) is 19.9 Å². The second-order valence-corrected chi connectivity index (χ2v) is 6.09. The van der Waals surface area contributed by atoms with Gasteiger partial charge in [-0.25, -0.2) is 9.97 Å². The van der Waals surface area contributed by atoms with Crippen LogP contribution in [0.25, 0.3) is 17.0 Å². The normalized spacial score (nSPS) is 11.2. The van der Waals surface area contributed by atoms with Gasteiger partial charge in [0.1, 0.15) is 0 Å². The zero-order valence-corrected chi connectivity index (χ0v) is 13.8. The second-order valence-electron chi connectivity index (χ2n) is 6.09. The summed E-state index contributed by atoms with van der Waals surface area (Å²) in [5.41, 5.74) is 6.63. The van der Waals surface area contributed by atoms with Crippen molar-refractivity contribution in [2.75, 3.05) is 0 Å². The van der Waals surface area contributed by atoms with Gasteiger partial charge in [0, 0.05) is 19.4 Å². The predicted octanol–water partition coefficient (Wildman–Crippen LogP) is 3.22. The summed E-state index contributed by atoms with van der Waals surface area (Å²) in [7, 11) is 1.99. The molecule has 0 saturated carbocycles. The highest BCUT2D eigenvalue weighted by atomic mass is 15.1. The number of aromatic nitrogens is 5. The van der Waals surface area contributed by atoms with E-state index < -0.39 is 0 Å². The number of hydrogen-bond acceptors (Lipinski definition) is 3. The molecule has 0 amide bonds. The SMILES string of the molecule is Cc1cccc(CCc2nccn3c(-c4cncn4C)cnc23)c1. The quantitative estimate of drug-likeness (QED) is 0.580. The Bertz CT molecular complexity index is 996. The summed E-state index contributed by atoms with van der Waals surface area (Å²) >= 11 is 0. The zero-order valence-electron chi connectivity index (χ0n) is 13.8. The molecule has 0 saturated heterocycles. The lowest BCUT2D eigenvalue weighted by atomic mass is 10.1. The van der Waals surface area contributed by atoms with Crippen molar-refractivity contribution in [1.82, 2.24) is 23.9 Å². The van der Waals surface area contributed by atoms with E-state index in [1.807, 2.05) is 36.4 Å². The Labute approximate surface area is 140 Å². The Kier molecular flexibility index (Phi) is 3.61. The van der Waals surface area contributed by atoms with E-state index in [1.54, 1.807) is 6.33 Å². The van der Waals surface area contributed by atoms with E-state index in [0.29, 0.717) is 0 Å². The van der Waals surface area contributed by atoms with E-state index >= 15 is 0 Å². The lowest BCUT2D eigenvalue weighted by Gasteiger charge is -2.06. The minimum atomic E-state index is 0.871. The highest BCUT2D eigenvalue weighted by Gasteiger charge is 2.12. The number of nitrogens with zero attached hydrogens (tertiary/aromatic N) is 5. The van der Waals surface area contributed by atoms with Crippen LogP contribution in [0.15, 0.2) is 55.4 Å². The molecule has 0 unspecified atom stereocenters. The van der Waals surface area contributed by atoms with E-state index in [2.05, 4.69) is 50.5 Å². The van der Waals surface area contributed by atoms with Crippen LogP contribution in [0.5, 0.6) is 0 Å². The van der Waals surface area contributed by atoms with Gasteiger partial charge in [-0.3, -0.25) is 9.38 Å². The third-order valence-corrected chi connectivity index (χ3v) is 4.31. The van der Waals surface area contributed by atoms with Crippen molar-refractivity contribution < 1.29 is 0 Å². The average molecular weight is 317 g/mol. The van der Waals surface area contributed by atoms with Gasteiger partial charge >= 0.3 is 0 Å². The Balaban J connectivity index is 1.67. The Hall–Kier alpha value is -2.95. The highest BCUT2D eigenvalue weighted by Crippen LogP contribution is 2.21. The zero-order chi connectivity index (χ0) is 16.5. The predicted molar refractivity (Wildman–Crippen MR) is 93.8 cm³/mol. The fourth-order valence-electron chi connectivity index (χ4n) is 3.07. The van der Waals surface area contributed by atoms with Gasteiger partial charge < -0.3 is 4.57 Å². The molecule has 5 heteroatoms. The van der Waals surface area contributed by atoms with Gasteiger partial charge in [-0.05, 0) is 25.3 Å². The molecule has 0 aliphatic heterocycles. The molecule has 24 heavy (non-hydrogen) atoms. The molecule has 0 spiro atoms. The molecule has 5 nitrogen and oxygen atoms in total. The second kappa shape index (κ2) is 5.92. The number of aryl methyl sites for hydroxylation is 4. The summed E-state index contributed by atoms with van der Waals surface area (Å²) in [5.74, 6) is 0. The summed E-state index contributed by atoms with van der Waals surface area (Å²) in [6, 6.07) is 8.62. The van der Waals surface area contributed by atoms with Crippen LogP contribution in [-0.4, -0.2) is 23.9 Å². The van der Waals surface area contributed by atoms with Crippen LogP contribution < -0.4 is 0 Å². The number of benzene rings is 1. The van der Waals surface area contributed by atoms with Crippen LogP contribution in [0.3, 0.4) is 0 Å². The number of rotatable bonds is 4. The topological polar surface area (TPSA) is 48.0 Å². The number of fused-ring (bicyclic) bond motifs is 1. The molecule has 4 aromatic rings. The van der Waals surface area contributed by atoms with Gasteiger partial charge in [-0.1, -0.05) is 29.8 Å². The summed E-state index contributed by atoms with van der Waals surface area (Å²) < 4.78 is 4.09. The van der Waals surface area contributed by atoms with E-state index in [1.165, 1.54) is 11.1 Å². The van der Waals surface area contributed by atoms with Crippen molar-refractivity contribution in [3.8, 4) is 11.4 Å². The summed E-state index contributed by atoms with van der Waals surface area (Å²) in [5, 5.41) is 0. The lowest BCUT2D eigenvalue weighted by molar-refractivity contribution is 0.894. The van der Waals surface area contributed by atoms with Crippen LogP contribution in [0.4, 0.5) is 0 Å². The fourth-order valence-corrected chi connectivity index (χ4v) is 3.07. The Morgan fingerprint density at radius 2 is 1.96 bits per heavy atom. The first-order valence-corrected chi connectivity index (χ1v) is 8.05. The first-order chi connectivity index (χ1) is 11.7. The molecule has 1 aromatic carbocycles. The molecule has 120 valence electrons. The molecule has 0 aliphatic carbocycles. The minimum absolute atomic E-state index is 0.871. The smallest absolute Gasteiger partial charge is 0.159 e. The summed E-state index contributed by atoms with van der Waals surface area (Å²) in [6.45, 7) is 2.12. The molecule has 3 aromatic heterocycles. The van der Waals surface area contributed by atoms with Crippen molar-refractivity contribution in [2.24, 2.45) is 7.05 Å². The standard InChI is InChI=1S/C19H19N5/c1-14-4-3-5-15(10-14)6-7-16-19-22-12-18(24(19)9-8-21-16)17-11-20-13-23(17)2/h3-5,8-13H,6-7H2,1-2H3. The molecular weight excluding hydrogens is 298 g/mol. The molecular formula is C19H19N5. The molecule has 0 aliphatic rings. The van der Waals surface area contributed by atoms with Crippen molar-refractivity contribution >= 4 is 5.65 Å². The molecule has 0 fully saturated rings. The van der Waals surface area contributed by atoms with Gasteiger partial charge in [-0.2, -0.15) is 0 Å². The molecule has 3 heterocycles. The van der Waals surface area contributed by atoms with Crippen molar-refractivity contribution in [3.05, 3.63) is 72.2 Å². The van der Waals surface area contributed by atoms with E-state index in [0.717, 1.165) is 35.6 Å². The van der Waals surface area contributed by atoms with Gasteiger partial charge in [-0.15, -0.1) is 0 Å². The van der Waals surface area contributed by atoms with Gasteiger partial charge in [0.25, 0.3) is 0 Å². The highest BCUT2D eigenvalue weighted by molar-refractivity contribution is 5.61. The van der Waals surface area contributed by atoms with Crippen molar-refractivity contribution in [2.45, 2.75) is 19.8 Å². The monoisotopic (exact) mass is 317 g/mol. The molecule has 0 radical (unpaired) electrons. The van der Waals surface area contributed by atoms with Gasteiger partial charge in [0.05, 0.1) is 35.8 Å². The third-order valence-electron chi connectivity index (χ3n) is 4.31. The van der Waals surface area contributed by atoms with Crippen LogP contribution in [0.1, 0.15) is 16.8 Å². The number of imidazole rings is 2. The molecule has 0 atom stereocenters. The van der Waals surface area contributed by atoms with Gasteiger partial charge in [0.2, 0.25) is 0 Å². The van der Waals surface area contributed by atoms with E-state index in [4.69, 9.17) is 0 Å². The van der Waals surface area contributed by atoms with E-state index in [9.17, 15) is 0 Å². The van der Waals surface area contributed by atoms with E-state index in [-0.39, 0.29) is 0 Å². The van der Waals surface area contributed by atoms with Crippen LogP contribution in [0.2, 0.25) is 0 Å². The summed E-state index contributed by atoms with van der Waals surface area (Å²) in [6.07, 6.45) is 11.2. The molecule has 0 bridgehead atoms. The van der Waals surface area contributed by atoms with Gasteiger partial charge in [0.15, 0.2) is 5.65 Å². The van der Waals surface area contributed by atoms with Crippen molar-refractivity contribution in [1.29, 1.82) is 0 Å². The van der Waals surface area contributed by atoms with Crippen LogP contribution >= 0.6 is 0 Å². The Morgan fingerprint density at radius 1 is 1.04 bits per heavy atom. The third kappa shape index (κ3) is 2.58. The maximum atomic E-state index is 4.60. The fraction of sp³-hybridized carbons (Fsp3) is 0.211. The molecule has 0 N–H and O–H groups in total. The Morgan fingerprint density at radius 3 is 2.75 bits per heavy atom. The number of hydrogen-bond donors (Lipinski definition) is 0. The van der Waals surface area contributed by atoms with Crippen LogP contribution in [0, 0.1) is 6.92 Å². The maximum Gasteiger partial charge on any atom is 0.159 e. The average Bonchev–Trinajstić information content (AvgIpc) is 3.19. The maximum absolute atomic E-state index is 4.60. The van der Waals surface area contributed by atoms with Crippen molar-refractivity contribution in [3.63, 3.8) is 0 Å².